The van der Waals surface area contributed by atoms with Gasteiger partial charge in [-0.1, -0.05) is 12.1 Å². The summed E-state index contributed by atoms with van der Waals surface area (Å²) >= 11 is 0. The molecule has 0 aromatic heterocycles. The average Bonchev–Trinajstić information content (AvgIpc) is 2.71. The van der Waals surface area contributed by atoms with Gasteiger partial charge in [-0.3, -0.25) is 0 Å². The molecule has 1 aliphatic heterocycles. The third kappa shape index (κ3) is 1.72. The van der Waals surface area contributed by atoms with Crippen LogP contribution in [0.25, 0.3) is 5.70 Å². The Morgan fingerprint density at radius 3 is 2.36 bits per heavy atom. The minimum absolute atomic E-state index is 0.894. The topological polar surface area (TPSA) is 27.3 Å². The molecule has 0 atom stereocenters. The van der Waals surface area contributed by atoms with Gasteiger partial charge in [0.15, 0.2) is 0 Å². The summed E-state index contributed by atoms with van der Waals surface area (Å²) in [4.78, 5) is 2.10. The fraction of sp³-hybridized carbons (Fsp3) is 0.273. The Bertz CT molecular complexity index is 338. The molecule has 1 heterocycles. The Morgan fingerprint density at radius 2 is 1.86 bits per heavy atom. The Labute approximate surface area is 84.4 Å². The lowest BCUT2D eigenvalue weighted by atomic mass is 10.1. The van der Waals surface area contributed by atoms with Gasteiger partial charge in [-0.15, -0.1) is 0 Å². The monoisotopic (exact) mass is 189 g/mol. The summed E-state index contributed by atoms with van der Waals surface area (Å²) in [7, 11) is 4.09. The van der Waals surface area contributed by atoms with Crippen LogP contribution in [0.4, 0.5) is 5.69 Å². The zero-order valence-electron chi connectivity index (χ0n) is 8.54. The van der Waals surface area contributed by atoms with E-state index in [9.17, 15) is 0 Å². The molecule has 1 aliphatic rings. The summed E-state index contributed by atoms with van der Waals surface area (Å²) in [5.41, 5.74) is 9.78. The highest BCUT2D eigenvalue weighted by Gasteiger charge is 2.05. The van der Waals surface area contributed by atoms with E-state index in [2.05, 4.69) is 46.1 Å². The van der Waals surface area contributed by atoms with Crippen LogP contribution in [0.2, 0.25) is 0 Å². The minimum atomic E-state index is 0.894. The molecular weight excluding hydrogens is 174 g/mol. The van der Waals surface area contributed by atoms with Gasteiger partial charge in [0, 0.05) is 26.3 Å². The fourth-order valence-corrected chi connectivity index (χ4v) is 1.48. The van der Waals surface area contributed by atoms with Crippen LogP contribution < -0.4 is 15.8 Å². The van der Waals surface area contributed by atoms with E-state index in [0.29, 0.717) is 0 Å². The van der Waals surface area contributed by atoms with Gasteiger partial charge in [-0.25, -0.2) is 5.43 Å². The van der Waals surface area contributed by atoms with Crippen molar-refractivity contribution >= 4 is 11.4 Å². The first-order valence-corrected chi connectivity index (χ1v) is 4.74. The Morgan fingerprint density at radius 1 is 1.14 bits per heavy atom. The van der Waals surface area contributed by atoms with Crippen molar-refractivity contribution in [3.05, 3.63) is 35.9 Å². The van der Waals surface area contributed by atoms with Crippen LogP contribution in [-0.4, -0.2) is 20.6 Å². The number of nitrogens with one attached hydrogen (secondary N) is 2. The predicted molar refractivity (Wildman–Crippen MR) is 59.9 cm³/mol. The van der Waals surface area contributed by atoms with Gasteiger partial charge < -0.3 is 10.3 Å². The van der Waals surface area contributed by atoms with Crippen LogP contribution in [0.5, 0.6) is 0 Å². The number of benzene rings is 1. The number of hydrogen-bond acceptors (Lipinski definition) is 3. The highest BCUT2D eigenvalue weighted by atomic mass is 15.4. The van der Waals surface area contributed by atoms with Crippen molar-refractivity contribution in [2.24, 2.45) is 0 Å². The molecule has 3 heteroatoms. The molecule has 0 radical (unpaired) electrons. The van der Waals surface area contributed by atoms with E-state index >= 15 is 0 Å². The van der Waals surface area contributed by atoms with Crippen LogP contribution in [0.3, 0.4) is 0 Å². The van der Waals surface area contributed by atoms with Crippen molar-refractivity contribution in [1.29, 1.82) is 0 Å². The van der Waals surface area contributed by atoms with Gasteiger partial charge in [0.2, 0.25) is 0 Å². The molecule has 74 valence electrons. The van der Waals surface area contributed by atoms with E-state index in [4.69, 9.17) is 0 Å². The normalized spacial score (nSPS) is 14.9. The average molecular weight is 189 g/mol. The van der Waals surface area contributed by atoms with Crippen molar-refractivity contribution in [3.8, 4) is 0 Å². The SMILES string of the molecule is CN(C)c1ccc(C2=CCNN2)cc1. The maximum absolute atomic E-state index is 3.12. The molecule has 1 aromatic rings. The molecule has 14 heavy (non-hydrogen) atoms. The molecule has 2 N–H and O–H groups in total. The van der Waals surface area contributed by atoms with Gasteiger partial charge in [0.1, 0.15) is 0 Å². The second-order valence-electron chi connectivity index (χ2n) is 3.57. The van der Waals surface area contributed by atoms with Crippen molar-refractivity contribution < 1.29 is 0 Å². The van der Waals surface area contributed by atoms with E-state index in [1.807, 2.05) is 14.1 Å². The van der Waals surface area contributed by atoms with Gasteiger partial charge in [0.25, 0.3) is 0 Å². The molecule has 0 saturated carbocycles. The van der Waals surface area contributed by atoms with Crippen LogP contribution in [0.1, 0.15) is 5.56 Å². The van der Waals surface area contributed by atoms with Crippen LogP contribution in [0.15, 0.2) is 30.3 Å². The maximum Gasteiger partial charge on any atom is 0.0533 e. The molecule has 0 amide bonds. The number of anilines is 1. The molecule has 0 fully saturated rings. The molecule has 0 spiro atoms. The molecule has 0 bridgehead atoms. The highest BCUT2D eigenvalue weighted by Crippen LogP contribution is 2.17. The standard InChI is InChI=1S/C11H15N3/c1-14(2)10-5-3-9(4-6-10)11-7-8-12-13-11/h3-7,12-13H,8H2,1-2H3. The molecular formula is C11H15N3. The van der Waals surface area contributed by atoms with Crippen LogP contribution in [-0.2, 0) is 0 Å². The van der Waals surface area contributed by atoms with Crippen molar-refractivity contribution in [3.63, 3.8) is 0 Å². The van der Waals surface area contributed by atoms with Gasteiger partial charge >= 0.3 is 0 Å². The Hall–Kier alpha value is -1.48. The zero-order valence-corrected chi connectivity index (χ0v) is 8.54. The van der Waals surface area contributed by atoms with Crippen molar-refractivity contribution in [1.82, 2.24) is 10.9 Å². The van der Waals surface area contributed by atoms with E-state index in [0.717, 1.165) is 12.2 Å². The zero-order chi connectivity index (χ0) is 9.97. The smallest absolute Gasteiger partial charge is 0.0533 e. The molecule has 0 saturated heterocycles. The largest absolute Gasteiger partial charge is 0.378 e. The third-order valence-corrected chi connectivity index (χ3v) is 2.33. The lowest BCUT2D eigenvalue weighted by Crippen LogP contribution is -2.23. The van der Waals surface area contributed by atoms with Crippen LogP contribution in [0, 0.1) is 0 Å². The summed E-state index contributed by atoms with van der Waals surface area (Å²) in [6, 6.07) is 8.49. The lowest BCUT2D eigenvalue weighted by molar-refractivity contribution is 0.738. The van der Waals surface area contributed by atoms with E-state index in [-0.39, 0.29) is 0 Å². The number of nitrogens with zero attached hydrogens (tertiary/aromatic N) is 1. The Kier molecular flexibility index (Phi) is 2.41. The second kappa shape index (κ2) is 3.72. The van der Waals surface area contributed by atoms with E-state index in [1.165, 1.54) is 11.3 Å². The highest BCUT2D eigenvalue weighted by molar-refractivity contribution is 5.67. The summed E-state index contributed by atoms with van der Waals surface area (Å²) in [5, 5.41) is 0. The molecule has 0 unspecified atom stereocenters. The molecule has 2 rings (SSSR count). The lowest BCUT2D eigenvalue weighted by Gasteiger charge is -2.13. The Balaban J connectivity index is 2.21. The second-order valence-corrected chi connectivity index (χ2v) is 3.57. The summed E-state index contributed by atoms with van der Waals surface area (Å²) in [5.74, 6) is 0. The first kappa shape index (κ1) is 9.09. The number of hydrogen-bond donors (Lipinski definition) is 2. The molecule has 0 aliphatic carbocycles. The fourth-order valence-electron chi connectivity index (χ4n) is 1.48. The summed E-state index contributed by atoms with van der Waals surface area (Å²) in [6.45, 7) is 0.894. The predicted octanol–water partition coefficient (Wildman–Crippen LogP) is 1.20. The van der Waals surface area contributed by atoms with Crippen LogP contribution >= 0.6 is 0 Å². The first-order valence-electron chi connectivity index (χ1n) is 4.74. The third-order valence-electron chi connectivity index (χ3n) is 2.33. The van der Waals surface area contributed by atoms with Gasteiger partial charge in [-0.2, -0.15) is 0 Å². The summed E-state index contributed by atoms with van der Waals surface area (Å²) in [6.07, 6.45) is 2.14. The van der Waals surface area contributed by atoms with Gasteiger partial charge in [0.05, 0.1) is 5.70 Å². The van der Waals surface area contributed by atoms with Crippen molar-refractivity contribution in [2.45, 2.75) is 0 Å². The minimum Gasteiger partial charge on any atom is -0.378 e. The maximum atomic E-state index is 3.12. The number of rotatable bonds is 2. The van der Waals surface area contributed by atoms with Gasteiger partial charge in [-0.05, 0) is 23.8 Å². The van der Waals surface area contributed by atoms with Crippen molar-refractivity contribution in [2.75, 3.05) is 25.5 Å². The quantitative estimate of drug-likeness (QED) is 0.732. The molecule has 1 aromatic carbocycles. The summed E-state index contributed by atoms with van der Waals surface area (Å²) < 4.78 is 0. The molecule has 3 nitrogen and oxygen atoms in total. The van der Waals surface area contributed by atoms with E-state index < -0.39 is 0 Å². The first-order chi connectivity index (χ1) is 6.77. The van der Waals surface area contributed by atoms with E-state index in [1.54, 1.807) is 0 Å². The number of hydrazine groups is 1.